The fraction of sp³-hybridized carbons (Fsp3) is 0.800. The van der Waals surface area contributed by atoms with Crippen LogP contribution < -0.4 is 5.73 Å². The Morgan fingerprint density at radius 2 is 2.44 bits per heavy atom. The summed E-state index contributed by atoms with van der Waals surface area (Å²) >= 11 is 0. The topological polar surface area (TPSA) is 69.2 Å². The van der Waals surface area contributed by atoms with Crippen molar-refractivity contribution in [1.82, 2.24) is 19.7 Å². The second-order valence-corrected chi connectivity index (χ2v) is 4.10. The first kappa shape index (κ1) is 11.5. The van der Waals surface area contributed by atoms with Gasteiger partial charge < -0.3 is 15.0 Å². The molecule has 1 aromatic rings. The number of hydrogen-bond donors (Lipinski definition) is 1. The molecule has 0 aliphatic carbocycles. The maximum absolute atomic E-state index is 5.59. The van der Waals surface area contributed by atoms with Gasteiger partial charge in [0.25, 0.3) is 0 Å². The zero-order valence-corrected chi connectivity index (χ0v) is 9.67. The minimum atomic E-state index is 0.166. The number of methoxy groups -OCH3 is 1. The first-order valence-corrected chi connectivity index (χ1v) is 5.65. The van der Waals surface area contributed by atoms with E-state index >= 15 is 0 Å². The lowest BCUT2D eigenvalue weighted by Gasteiger charge is -2.27. The summed E-state index contributed by atoms with van der Waals surface area (Å²) in [5.74, 6) is 1.05. The molecule has 1 unspecified atom stereocenters. The van der Waals surface area contributed by atoms with Crippen LogP contribution in [0.3, 0.4) is 0 Å². The molecule has 2 heterocycles. The molecule has 6 nitrogen and oxygen atoms in total. The highest BCUT2D eigenvalue weighted by Gasteiger charge is 2.17. The molecule has 0 saturated heterocycles. The lowest BCUT2D eigenvalue weighted by molar-refractivity contribution is 0.0846. The molecule has 16 heavy (non-hydrogen) atoms. The van der Waals surface area contributed by atoms with Crippen LogP contribution in [0, 0.1) is 0 Å². The zero-order valence-electron chi connectivity index (χ0n) is 9.67. The Balaban J connectivity index is 1.81. The van der Waals surface area contributed by atoms with Gasteiger partial charge in [0.05, 0.1) is 12.6 Å². The van der Waals surface area contributed by atoms with Crippen LogP contribution in [0.25, 0.3) is 0 Å². The molecule has 2 rings (SSSR count). The summed E-state index contributed by atoms with van der Waals surface area (Å²) in [6.45, 7) is 4.48. The van der Waals surface area contributed by atoms with E-state index < -0.39 is 0 Å². The highest BCUT2D eigenvalue weighted by molar-refractivity contribution is 4.89. The summed E-state index contributed by atoms with van der Waals surface area (Å²) in [4.78, 5) is 2.37. The molecule has 0 amide bonds. The SMILES string of the molecule is COC(CN)CCN1CCn2cnnc2C1. The van der Waals surface area contributed by atoms with Gasteiger partial charge in [-0.05, 0) is 6.42 Å². The molecule has 90 valence electrons. The van der Waals surface area contributed by atoms with Crippen LogP contribution in [0.4, 0.5) is 0 Å². The third-order valence-corrected chi connectivity index (χ3v) is 3.08. The number of nitrogens with two attached hydrogens (primary N) is 1. The van der Waals surface area contributed by atoms with Crippen molar-refractivity contribution in [3.8, 4) is 0 Å². The van der Waals surface area contributed by atoms with Crippen LogP contribution in [0.15, 0.2) is 6.33 Å². The largest absolute Gasteiger partial charge is 0.380 e. The highest BCUT2D eigenvalue weighted by Crippen LogP contribution is 2.10. The van der Waals surface area contributed by atoms with Gasteiger partial charge in [0, 0.05) is 33.3 Å². The standard InChI is InChI=1S/C10H19N5O/c1-16-9(6-11)2-3-14-4-5-15-8-12-13-10(15)7-14/h8-9H,2-7,11H2,1H3. The second kappa shape index (κ2) is 5.38. The maximum atomic E-state index is 5.59. The molecule has 1 aliphatic rings. The van der Waals surface area contributed by atoms with E-state index in [-0.39, 0.29) is 6.10 Å². The van der Waals surface area contributed by atoms with Gasteiger partial charge in [0.15, 0.2) is 0 Å². The van der Waals surface area contributed by atoms with Crippen LogP contribution in [-0.2, 0) is 17.8 Å². The van der Waals surface area contributed by atoms with Gasteiger partial charge >= 0.3 is 0 Å². The van der Waals surface area contributed by atoms with Crippen LogP contribution in [0.1, 0.15) is 12.2 Å². The summed E-state index contributed by atoms with van der Waals surface area (Å²) in [6.07, 6.45) is 2.94. The van der Waals surface area contributed by atoms with Crippen molar-refractivity contribution in [2.75, 3.05) is 26.7 Å². The van der Waals surface area contributed by atoms with E-state index in [2.05, 4.69) is 19.7 Å². The average Bonchev–Trinajstić information content (AvgIpc) is 2.77. The number of rotatable bonds is 5. The maximum Gasteiger partial charge on any atom is 0.147 e. The minimum absolute atomic E-state index is 0.166. The fourth-order valence-electron chi connectivity index (χ4n) is 1.97. The molecule has 0 fully saturated rings. The number of ether oxygens (including phenoxy) is 1. The first-order chi connectivity index (χ1) is 7.83. The molecular formula is C10H19N5O. The molecule has 0 aromatic carbocycles. The van der Waals surface area contributed by atoms with Gasteiger partial charge in [-0.25, -0.2) is 0 Å². The van der Waals surface area contributed by atoms with Gasteiger partial charge in [-0.2, -0.15) is 0 Å². The van der Waals surface area contributed by atoms with E-state index in [1.165, 1.54) is 0 Å². The van der Waals surface area contributed by atoms with Crippen LogP contribution in [0.2, 0.25) is 0 Å². The Kier molecular flexibility index (Phi) is 3.87. The summed E-state index contributed by atoms with van der Waals surface area (Å²) in [5, 5.41) is 8.00. The quantitative estimate of drug-likeness (QED) is 0.728. The highest BCUT2D eigenvalue weighted by atomic mass is 16.5. The number of nitrogens with zero attached hydrogens (tertiary/aromatic N) is 4. The fourth-order valence-corrected chi connectivity index (χ4v) is 1.97. The van der Waals surface area contributed by atoms with Crippen molar-refractivity contribution in [3.05, 3.63) is 12.2 Å². The lowest BCUT2D eigenvalue weighted by atomic mass is 10.2. The van der Waals surface area contributed by atoms with Gasteiger partial charge in [-0.3, -0.25) is 4.90 Å². The van der Waals surface area contributed by atoms with Gasteiger partial charge in [0.1, 0.15) is 12.2 Å². The number of aromatic nitrogens is 3. The number of fused-ring (bicyclic) bond motifs is 1. The minimum Gasteiger partial charge on any atom is -0.380 e. The average molecular weight is 225 g/mol. The van der Waals surface area contributed by atoms with Gasteiger partial charge in [-0.15, -0.1) is 10.2 Å². The smallest absolute Gasteiger partial charge is 0.147 e. The summed E-state index contributed by atoms with van der Waals surface area (Å²) in [7, 11) is 1.71. The molecule has 0 saturated carbocycles. The third kappa shape index (κ3) is 2.58. The van der Waals surface area contributed by atoms with Crippen molar-refractivity contribution < 1.29 is 4.74 Å². The molecule has 0 bridgehead atoms. The molecular weight excluding hydrogens is 206 g/mol. The van der Waals surface area contributed by atoms with E-state index in [0.29, 0.717) is 6.54 Å². The van der Waals surface area contributed by atoms with E-state index in [1.54, 1.807) is 13.4 Å². The van der Waals surface area contributed by atoms with Gasteiger partial charge in [-0.1, -0.05) is 0 Å². The molecule has 6 heteroatoms. The van der Waals surface area contributed by atoms with Crippen molar-refractivity contribution in [3.63, 3.8) is 0 Å². The van der Waals surface area contributed by atoms with E-state index in [1.807, 2.05) is 0 Å². The van der Waals surface area contributed by atoms with E-state index in [9.17, 15) is 0 Å². The van der Waals surface area contributed by atoms with E-state index in [4.69, 9.17) is 10.5 Å². The Morgan fingerprint density at radius 1 is 1.56 bits per heavy atom. The molecule has 1 atom stereocenters. The molecule has 0 spiro atoms. The predicted molar refractivity (Wildman–Crippen MR) is 59.8 cm³/mol. The monoisotopic (exact) mass is 225 g/mol. The van der Waals surface area contributed by atoms with Crippen molar-refractivity contribution in [2.45, 2.75) is 25.6 Å². The normalized spacial score (nSPS) is 18.4. The Hall–Kier alpha value is -0.980. The lowest BCUT2D eigenvalue weighted by Crippen LogP contribution is -2.36. The van der Waals surface area contributed by atoms with Crippen molar-refractivity contribution in [2.24, 2.45) is 5.73 Å². The molecule has 1 aromatic heterocycles. The summed E-state index contributed by atoms with van der Waals surface area (Å²) in [5.41, 5.74) is 5.59. The van der Waals surface area contributed by atoms with Crippen molar-refractivity contribution in [1.29, 1.82) is 0 Å². The first-order valence-electron chi connectivity index (χ1n) is 5.65. The molecule has 1 aliphatic heterocycles. The van der Waals surface area contributed by atoms with Crippen LogP contribution >= 0.6 is 0 Å². The van der Waals surface area contributed by atoms with Crippen molar-refractivity contribution >= 4 is 0 Å². The number of hydrogen-bond acceptors (Lipinski definition) is 5. The Morgan fingerprint density at radius 3 is 3.19 bits per heavy atom. The van der Waals surface area contributed by atoms with Crippen LogP contribution in [-0.4, -0.2) is 52.5 Å². The van der Waals surface area contributed by atoms with Gasteiger partial charge in [0.2, 0.25) is 0 Å². The second-order valence-electron chi connectivity index (χ2n) is 4.10. The molecule has 0 radical (unpaired) electrons. The van der Waals surface area contributed by atoms with E-state index in [0.717, 1.165) is 38.4 Å². The van der Waals surface area contributed by atoms with Crippen LogP contribution in [0.5, 0.6) is 0 Å². The summed E-state index contributed by atoms with van der Waals surface area (Å²) in [6, 6.07) is 0. The Bertz CT molecular complexity index is 323. The summed E-state index contributed by atoms with van der Waals surface area (Å²) < 4.78 is 7.36. The molecule has 2 N–H and O–H groups in total. The Labute approximate surface area is 95.4 Å². The predicted octanol–water partition coefficient (Wildman–Crippen LogP) is -0.542. The zero-order chi connectivity index (χ0) is 11.4. The third-order valence-electron chi connectivity index (χ3n) is 3.08.